The highest BCUT2D eigenvalue weighted by Crippen LogP contribution is 2.12. The summed E-state index contributed by atoms with van der Waals surface area (Å²) >= 11 is 0. The van der Waals surface area contributed by atoms with Crippen molar-refractivity contribution in [3.63, 3.8) is 0 Å². The average Bonchev–Trinajstić information content (AvgIpc) is 2.97. The van der Waals surface area contributed by atoms with Gasteiger partial charge in [0.15, 0.2) is 0 Å². The summed E-state index contributed by atoms with van der Waals surface area (Å²) < 4.78 is 4.07. The summed E-state index contributed by atoms with van der Waals surface area (Å²) in [7, 11) is 0. The van der Waals surface area contributed by atoms with E-state index >= 15 is 0 Å². The molecule has 0 saturated heterocycles. The van der Waals surface area contributed by atoms with E-state index in [0.717, 1.165) is 19.6 Å². The fourth-order valence-corrected chi connectivity index (χ4v) is 2.27. The second-order valence-corrected chi connectivity index (χ2v) is 5.04. The fraction of sp³-hybridized carbons (Fsp3) is 0.571. The van der Waals surface area contributed by atoms with Crippen LogP contribution in [-0.4, -0.2) is 19.6 Å². The Morgan fingerprint density at radius 2 is 2.05 bits per heavy atom. The molecule has 0 aliphatic heterocycles. The molecule has 2 heterocycles. The molecule has 0 radical (unpaired) electrons. The van der Waals surface area contributed by atoms with Crippen molar-refractivity contribution in [1.82, 2.24) is 24.9 Å². The van der Waals surface area contributed by atoms with Gasteiger partial charge in [0.2, 0.25) is 0 Å². The predicted octanol–water partition coefficient (Wildman–Crippen LogP) is 2.28. The van der Waals surface area contributed by atoms with Crippen molar-refractivity contribution in [3.8, 4) is 0 Å². The number of nitrogens with one attached hydrogen (secondary N) is 1. The molecule has 0 bridgehead atoms. The normalized spacial score (nSPS) is 11.4. The summed E-state index contributed by atoms with van der Waals surface area (Å²) in [6.45, 7) is 11.1. The van der Waals surface area contributed by atoms with Gasteiger partial charge in [-0.25, -0.2) is 0 Å². The average molecular weight is 261 g/mol. The van der Waals surface area contributed by atoms with Gasteiger partial charge in [-0.15, -0.1) is 0 Å². The van der Waals surface area contributed by atoms with Gasteiger partial charge in [-0.05, 0) is 33.8 Å². The molecule has 104 valence electrons. The summed E-state index contributed by atoms with van der Waals surface area (Å²) in [6.07, 6.45) is 3.81. The Bertz CT molecular complexity index is 524. The Morgan fingerprint density at radius 3 is 2.68 bits per heavy atom. The third-order valence-corrected chi connectivity index (χ3v) is 3.36. The number of nitrogens with zero attached hydrogens (tertiary/aromatic N) is 4. The van der Waals surface area contributed by atoms with E-state index in [4.69, 9.17) is 0 Å². The molecule has 1 N–H and O–H groups in total. The zero-order valence-corrected chi connectivity index (χ0v) is 12.2. The Morgan fingerprint density at radius 1 is 1.26 bits per heavy atom. The van der Waals surface area contributed by atoms with Gasteiger partial charge in [0.05, 0.1) is 11.9 Å². The molecule has 0 saturated carbocycles. The second-order valence-electron chi connectivity index (χ2n) is 5.04. The maximum absolute atomic E-state index is 4.42. The Balaban J connectivity index is 1.93. The molecule has 0 spiro atoms. The molecular formula is C14H23N5. The molecule has 5 heteroatoms. The molecule has 2 aromatic heterocycles. The van der Waals surface area contributed by atoms with E-state index in [1.54, 1.807) is 0 Å². The second kappa shape index (κ2) is 6.02. The van der Waals surface area contributed by atoms with Crippen molar-refractivity contribution >= 4 is 0 Å². The van der Waals surface area contributed by atoms with Crippen LogP contribution in [-0.2, 0) is 19.6 Å². The lowest BCUT2D eigenvalue weighted by Crippen LogP contribution is -2.16. The first-order valence-corrected chi connectivity index (χ1v) is 6.87. The Hall–Kier alpha value is -1.62. The number of hydrogen-bond donors (Lipinski definition) is 1. The molecule has 5 nitrogen and oxygen atoms in total. The lowest BCUT2D eigenvalue weighted by molar-refractivity contribution is 0.517. The van der Waals surface area contributed by atoms with Gasteiger partial charge in [-0.3, -0.25) is 9.36 Å². The molecule has 2 rings (SSSR count). The molecule has 0 amide bonds. The van der Waals surface area contributed by atoms with E-state index in [9.17, 15) is 0 Å². The Labute approximate surface area is 114 Å². The zero-order chi connectivity index (χ0) is 13.8. The van der Waals surface area contributed by atoms with Crippen molar-refractivity contribution in [2.45, 2.75) is 53.4 Å². The summed E-state index contributed by atoms with van der Waals surface area (Å²) in [5.74, 6) is 0. The summed E-state index contributed by atoms with van der Waals surface area (Å²) in [4.78, 5) is 0. The standard InChI is InChI=1S/C14H23N5/c1-5-18-14(6-7-16-18)10-15-8-13-9-17-19(11(2)3)12(13)4/h6-7,9,11,15H,5,8,10H2,1-4H3. The van der Waals surface area contributed by atoms with Gasteiger partial charge < -0.3 is 5.32 Å². The smallest absolute Gasteiger partial charge is 0.0537 e. The van der Waals surface area contributed by atoms with Crippen molar-refractivity contribution in [3.05, 3.63) is 35.4 Å². The highest BCUT2D eigenvalue weighted by molar-refractivity contribution is 5.16. The topological polar surface area (TPSA) is 47.7 Å². The van der Waals surface area contributed by atoms with Crippen molar-refractivity contribution in [1.29, 1.82) is 0 Å². The van der Waals surface area contributed by atoms with Crippen LogP contribution in [0.3, 0.4) is 0 Å². The van der Waals surface area contributed by atoms with Crippen molar-refractivity contribution in [2.75, 3.05) is 0 Å². The largest absolute Gasteiger partial charge is 0.307 e. The van der Waals surface area contributed by atoms with Crippen LogP contribution < -0.4 is 5.32 Å². The van der Waals surface area contributed by atoms with E-state index < -0.39 is 0 Å². The molecule has 0 unspecified atom stereocenters. The summed E-state index contributed by atoms with van der Waals surface area (Å²) in [5, 5.41) is 12.1. The van der Waals surface area contributed by atoms with Gasteiger partial charge in [-0.1, -0.05) is 0 Å². The van der Waals surface area contributed by atoms with E-state index in [1.165, 1.54) is 17.0 Å². The lowest BCUT2D eigenvalue weighted by Gasteiger charge is -2.09. The maximum Gasteiger partial charge on any atom is 0.0537 e. The first kappa shape index (κ1) is 13.8. The first-order valence-electron chi connectivity index (χ1n) is 6.87. The molecular weight excluding hydrogens is 238 g/mol. The van der Waals surface area contributed by atoms with Gasteiger partial charge in [0.1, 0.15) is 0 Å². The van der Waals surface area contributed by atoms with Crippen molar-refractivity contribution in [2.24, 2.45) is 0 Å². The van der Waals surface area contributed by atoms with Gasteiger partial charge in [0, 0.05) is 43.1 Å². The molecule has 0 atom stereocenters. The third-order valence-electron chi connectivity index (χ3n) is 3.36. The third kappa shape index (κ3) is 3.04. The van der Waals surface area contributed by atoms with Crippen molar-refractivity contribution < 1.29 is 0 Å². The van der Waals surface area contributed by atoms with Crippen LogP contribution in [0.4, 0.5) is 0 Å². The SMILES string of the molecule is CCn1nccc1CNCc1cnn(C(C)C)c1C. The quantitative estimate of drug-likeness (QED) is 0.868. The predicted molar refractivity (Wildman–Crippen MR) is 75.8 cm³/mol. The Kier molecular flexibility index (Phi) is 4.37. The zero-order valence-electron chi connectivity index (χ0n) is 12.2. The maximum atomic E-state index is 4.42. The fourth-order valence-electron chi connectivity index (χ4n) is 2.27. The number of aryl methyl sites for hydroxylation is 1. The molecule has 0 aromatic carbocycles. The minimum absolute atomic E-state index is 0.412. The minimum atomic E-state index is 0.412. The lowest BCUT2D eigenvalue weighted by atomic mass is 10.2. The number of aromatic nitrogens is 4. The molecule has 19 heavy (non-hydrogen) atoms. The van der Waals surface area contributed by atoms with Gasteiger partial charge in [-0.2, -0.15) is 10.2 Å². The highest BCUT2D eigenvalue weighted by Gasteiger charge is 2.08. The molecule has 0 aliphatic rings. The molecule has 0 fully saturated rings. The van der Waals surface area contributed by atoms with E-state index in [0.29, 0.717) is 6.04 Å². The van der Waals surface area contributed by atoms with Crippen LogP contribution in [0.15, 0.2) is 18.5 Å². The summed E-state index contributed by atoms with van der Waals surface area (Å²) in [6, 6.07) is 2.47. The van der Waals surface area contributed by atoms with Crippen LogP contribution >= 0.6 is 0 Å². The number of hydrogen-bond acceptors (Lipinski definition) is 3. The monoisotopic (exact) mass is 261 g/mol. The van der Waals surface area contributed by atoms with Crippen LogP contribution in [0.25, 0.3) is 0 Å². The molecule has 2 aromatic rings. The van der Waals surface area contributed by atoms with Gasteiger partial charge in [0.25, 0.3) is 0 Å². The molecule has 0 aliphatic carbocycles. The highest BCUT2D eigenvalue weighted by atomic mass is 15.3. The first-order chi connectivity index (χ1) is 9.13. The number of rotatable bonds is 6. The van der Waals surface area contributed by atoms with Gasteiger partial charge >= 0.3 is 0 Å². The summed E-state index contributed by atoms with van der Waals surface area (Å²) in [5.41, 5.74) is 3.72. The van der Waals surface area contributed by atoms with Crippen LogP contribution in [0.5, 0.6) is 0 Å². The van der Waals surface area contributed by atoms with Crippen LogP contribution in [0.2, 0.25) is 0 Å². The van der Waals surface area contributed by atoms with Crippen LogP contribution in [0.1, 0.15) is 43.8 Å². The van der Waals surface area contributed by atoms with E-state index in [2.05, 4.69) is 54.0 Å². The minimum Gasteiger partial charge on any atom is -0.307 e. The van der Waals surface area contributed by atoms with Crippen LogP contribution in [0, 0.1) is 6.92 Å². The van der Waals surface area contributed by atoms with E-state index in [1.807, 2.05) is 17.1 Å². The van der Waals surface area contributed by atoms with E-state index in [-0.39, 0.29) is 0 Å².